The summed E-state index contributed by atoms with van der Waals surface area (Å²) in [5, 5.41) is 8.84. The molecule has 2 aromatic carbocycles. The number of nitriles is 1. The molecular weight excluding hydrogens is 321 g/mol. The van der Waals surface area contributed by atoms with E-state index in [1.807, 2.05) is 24.3 Å². The molecule has 4 heteroatoms. The Bertz CT molecular complexity index is 721. The number of hydrogen-bond acceptors (Lipinski definition) is 2. The lowest BCUT2D eigenvalue weighted by molar-refractivity contribution is 0.440. The largest absolute Gasteiger partial charge is 0.454 e. The minimum atomic E-state index is -0.551. The molecule has 0 spiro atoms. The fourth-order valence-electron chi connectivity index (χ4n) is 2.44. The Morgan fingerprint density at radius 3 is 2.75 bits per heavy atom. The lowest BCUT2D eigenvalue weighted by atomic mass is 10.1. The van der Waals surface area contributed by atoms with Crippen molar-refractivity contribution in [2.24, 2.45) is 0 Å². The lowest BCUT2D eigenvalue weighted by Gasteiger charge is -2.10. The van der Waals surface area contributed by atoms with Gasteiger partial charge in [0.05, 0.1) is 10.0 Å². The zero-order valence-electron chi connectivity index (χ0n) is 10.6. The van der Waals surface area contributed by atoms with Crippen LogP contribution < -0.4 is 4.74 Å². The van der Waals surface area contributed by atoms with Crippen LogP contribution in [0.4, 0.5) is 4.39 Å². The normalized spacial score (nSPS) is 12.8. The van der Waals surface area contributed by atoms with Gasteiger partial charge in [-0.3, -0.25) is 0 Å². The number of fused-ring (bicyclic) bond motifs is 1. The summed E-state index contributed by atoms with van der Waals surface area (Å²) in [6.07, 6.45) is 3.31. The van der Waals surface area contributed by atoms with Gasteiger partial charge in [-0.15, -0.1) is 0 Å². The highest BCUT2D eigenvalue weighted by atomic mass is 79.9. The molecule has 1 aliphatic carbocycles. The summed E-state index contributed by atoms with van der Waals surface area (Å²) in [6.45, 7) is 0. The first-order valence-corrected chi connectivity index (χ1v) is 7.16. The van der Waals surface area contributed by atoms with Crippen LogP contribution in [0, 0.1) is 17.1 Å². The summed E-state index contributed by atoms with van der Waals surface area (Å²) in [4.78, 5) is 0. The molecule has 0 radical (unpaired) electrons. The van der Waals surface area contributed by atoms with Crippen LogP contribution in [0.2, 0.25) is 0 Å². The molecule has 0 fully saturated rings. The van der Waals surface area contributed by atoms with E-state index >= 15 is 0 Å². The van der Waals surface area contributed by atoms with Gasteiger partial charge in [0.15, 0.2) is 11.6 Å². The van der Waals surface area contributed by atoms with Crippen molar-refractivity contribution < 1.29 is 9.13 Å². The average molecular weight is 332 g/mol. The third-order valence-corrected chi connectivity index (χ3v) is 4.24. The number of hydrogen-bond donors (Lipinski definition) is 0. The molecule has 0 saturated heterocycles. The van der Waals surface area contributed by atoms with Gasteiger partial charge in [-0.25, -0.2) is 4.39 Å². The predicted octanol–water partition coefficient (Wildman–Crippen LogP) is 4.74. The summed E-state index contributed by atoms with van der Waals surface area (Å²) in [5.41, 5.74) is 2.87. The number of ether oxygens (including phenoxy) is 1. The third kappa shape index (κ3) is 2.30. The zero-order chi connectivity index (χ0) is 14.1. The number of benzene rings is 2. The SMILES string of the molecule is N#Cc1ccc(Oc2ccc3c(c2)CCC3)c(F)c1Br. The monoisotopic (exact) mass is 331 g/mol. The van der Waals surface area contributed by atoms with Crippen LogP contribution in [0.25, 0.3) is 0 Å². The number of aryl methyl sites for hydroxylation is 2. The van der Waals surface area contributed by atoms with E-state index < -0.39 is 5.82 Å². The Morgan fingerprint density at radius 2 is 1.95 bits per heavy atom. The van der Waals surface area contributed by atoms with E-state index in [0.717, 1.165) is 19.3 Å². The first-order chi connectivity index (χ1) is 9.69. The molecule has 2 aromatic rings. The summed E-state index contributed by atoms with van der Waals surface area (Å²) in [5.74, 6) is 0.194. The predicted molar refractivity (Wildman–Crippen MR) is 77.4 cm³/mol. The van der Waals surface area contributed by atoms with Crippen molar-refractivity contribution in [1.82, 2.24) is 0 Å². The molecule has 100 valence electrons. The molecule has 0 saturated carbocycles. The van der Waals surface area contributed by atoms with Crippen molar-refractivity contribution in [2.75, 3.05) is 0 Å². The molecule has 0 atom stereocenters. The third-order valence-electron chi connectivity index (χ3n) is 3.47. The van der Waals surface area contributed by atoms with Gasteiger partial charge in [0.25, 0.3) is 0 Å². The van der Waals surface area contributed by atoms with Crippen molar-refractivity contribution in [3.05, 3.63) is 57.3 Å². The maximum Gasteiger partial charge on any atom is 0.181 e. The first kappa shape index (κ1) is 13.1. The van der Waals surface area contributed by atoms with Crippen LogP contribution in [0.3, 0.4) is 0 Å². The van der Waals surface area contributed by atoms with Crippen molar-refractivity contribution in [1.29, 1.82) is 5.26 Å². The van der Waals surface area contributed by atoms with E-state index in [1.165, 1.54) is 23.3 Å². The Hall–Kier alpha value is -1.86. The Kier molecular flexibility index (Phi) is 3.45. The standard InChI is InChI=1S/C16H11BrFNO/c17-15-12(9-19)5-7-14(16(15)18)20-13-6-4-10-2-1-3-11(10)8-13/h4-8H,1-3H2. The van der Waals surface area contributed by atoms with Gasteiger partial charge >= 0.3 is 0 Å². The highest BCUT2D eigenvalue weighted by Crippen LogP contribution is 2.33. The second-order valence-corrected chi connectivity index (χ2v) is 5.53. The highest BCUT2D eigenvalue weighted by Gasteiger charge is 2.15. The first-order valence-electron chi connectivity index (χ1n) is 6.37. The molecule has 1 aliphatic rings. The van der Waals surface area contributed by atoms with Crippen LogP contribution in [0.15, 0.2) is 34.8 Å². The van der Waals surface area contributed by atoms with Gasteiger partial charge in [0.1, 0.15) is 11.8 Å². The molecule has 0 unspecified atom stereocenters. The van der Waals surface area contributed by atoms with E-state index in [-0.39, 0.29) is 15.8 Å². The van der Waals surface area contributed by atoms with Crippen molar-refractivity contribution in [3.8, 4) is 17.6 Å². The van der Waals surface area contributed by atoms with Gasteiger partial charge < -0.3 is 4.74 Å². The molecule has 20 heavy (non-hydrogen) atoms. The highest BCUT2D eigenvalue weighted by molar-refractivity contribution is 9.10. The number of halogens is 2. The van der Waals surface area contributed by atoms with Crippen LogP contribution in [0.5, 0.6) is 11.5 Å². The summed E-state index contributed by atoms with van der Waals surface area (Å²) < 4.78 is 19.8. The van der Waals surface area contributed by atoms with Crippen LogP contribution in [-0.4, -0.2) is 0 Å². The Labute approximate surface area is 124 Å². The van der Waals surface area contributed by atoms with Gasteiger partial charge in [-0.2, -0.15) is 5.26 Å². The zero-order valence-corrected chi connectivity index (χ0v) is 12.2. The van der Waals surface area contributed by atoms with E-state index in [9.17, 15) is 4.39 Å². The molecule has 0 bridgehead atoms. The van der Waals surface area contributed by atoms with E-state index in [2.05, 4.69) is 15.9 Å². The molecule has 2 nitrogen and oxygen atoms in total. The van der Waals surface area contributed by atoms with Crippen LogP contribution in [-0.2, 0) is 12.8 Å². The fraction of sp³-hybridized carbons (Fsp3) is 0.188. The molecule has 3 rings (SSSR count). The van der Waals surface area contributed by atoms with Gasteiger partial charge in [0.2, 0.25) is 0 Å². The maximum atomic E-state index is 14.1. The van der Waals surface area contributed by atoms with Crippen molar-refractivity contribution >= 4 is 15.9 Å². The smallest absolute Gasteiger partial charge is 0.181 e. The molecule has 0 aliphatic heterocycles. The van der Waals surface area contributed by atoms with E-state index in [1.54, 1.807) is 0 Å². The molecule has 0 amide bonds. The topological polar surface area (TPSA) is 33.0 Å². The van der Waals surface area contributed by atoms with Crippen LogP contribution >= 0.6 is 15.9 Å². The number of rotatable bonds is 2. The molecule has 0 N–H and O–H groups in total. The molecule has 0 heterocycles. The van der Waals surface area contributed by atoms with Crippen LogP contribution in [0.1, 0.15) is 23.1 Å². The molecular formula is C16H11BrFNO. The summed E-state index contributed by atoms with van der Waals surface area (Å²) >= 11 is 3.08. The second kappa shape index (κ2) is 5.26. The van der Waals surface area contributed by atoms with Crippen molar-refractivity contribution in [2.45, 2.75) is 19.3 Å². The Balaban J connectivity index is 1.92. The molecule has 0 aromatic heterocycles. The average Bonchev–Trinajstić information content (AvgIpc) is 2.92. The van der Waals surface area contributed by atoms with Crippen molar-refractivity contribution in [3.63, 3.8) is 0 Å². The second-order valence-electron chi connectivity index (χ2n) is 4.74. The van der Waals surface area contributed by atoms with E-state index in [0.29, 0.717) is 5.75 Å². The quantitative estimate of drug-likeness (QED) is 0.796. The fourth-order valence-corrected chi connectivity index (χ4v) is 2.85. The number of nitrogens with zero attached hydrogens (tertiary/aromatic N) is 1. The Morgan fingerprint density at radius 1 is 1.15 bits per heavy atom. The van der Waals surface area contributed by atoms with Gasteiger partial charge in [0, 0.05) is 0 Å². The minimum Gasteiger partial charge on any atom is -0.454 e. The summed E-state index contributed by atoms with van der Waals surface area (Å²) in [6, 6.07) is 10.8. The lowest BCUT2D eigenvalue weighted by Crippen LogP contribution is -1.93. The maximum absolute atomic E-state index is 14.1. The summed E-state index contributed by atoms with van der Waals surface area (Å²) in [7, 11) is 0. The van der Waals surface area contributed by atoms with Gasteiger partial charge in [-0.05, 0) is 70.6 Å². The van der Waals surface area contributed by atoms with E-state index in [4.69, 9.17) is 10.00 Å². The van der Waals surface area contributed by atoms with Gasteiger partial charge in [-0.1, -0.05) is 6.07 Å². The minimum absolute atomic E-state index is 0.119.